The maximum absolute atomic E-state index is 11.8. The van der Waals surface area contributed by atoms with Crippen molar-refractivity contribution < 1.29 is 23.9 Å². The molecule has 0 aliphatic rings. The minimum Gasteiger partial charge on any atom is -0.465 e. The van der Waals surface area contributed by atoms with Gasteiger partial charge >= 0.3 is 11.9 Å². The summed E-state index contributed by atoms with van der Waals surface area (Å²) in [5.74, 6) is -1.62. The van der Waals surface area contributed by atoms with Gasteiger partial charge in [-0.05, 0) is 54.5 Å². The minimum absolute atomic E-state index is 0.364. The number of carbonyl (C=O) groups is 3. The van der Waals surface area contributed by atoms with Crippen LogP contribution < -0.4 is 5.32 Å². The molecule has 1 N–H and O–H groups in total. The summed E-state index contributed by atoms with van der Waals surface area (Å²) in [5.41, 5.74) is 2.52. The van der Waals surface area contributed by atoms with Crippen LogP contribution in [-0.2, 0) is 19.1 Å². The fourth-order valence-electron chi connectivity index (χ4n) is 2.07. The van der Waals surface area contributed by atoms with Gasteiger partial charge in [0.15, 0.2) is 6.61 Å². The predicted molar refractivity (Wildman–Crippen MR) is 103 cm³/mol. The highest BCUT2D eigenvalue weighted by Crippen LogP contribution is 2.17. The third kappa shape index (κ3) is 6.27. The number of methoxy groups -OCH3 is 1. The Morgan fingerprint density at radius 2 is 1.81 bits per heavy atom. The quantitative estimate of drug-likeness (QED) is 0.604. The molecule has 2 aromatic carbocycles. The average molecular weight is 388 g/mol. The summed E-state index contributed by atoms with van der Waals surface area (Å²) >= 11 is 6.02. The van der Waals surface area contributed by atoms with Gasteiger partial charge in [-0.2, -0.15) is 0 Å². The molecule has 0 bridgehead atoms. The highest BCUT2D eigenvalue weighted by molar-refractivity contribution is 6.31. The summed E-state index contributed by atoms with van der Waals surface area (Å²) in [6.45, 7) is 1.45. The molecule has 2 aromatic rings. The van der Waals surface area contributed by atoms with Crippen LogP contribution in [0.5, 0.6) is 0 Å². The topological polar surface area (TPSA) is 81.7 Å². The summed E-state index contributed by atoms with van der Waals surface area (Å²) in [6, 6.07) is 11.5. The van der Waals surface area contributed by atoms with E-state index in [0.717, 1.165) is 11.1 Å². The molecule has 7 heteroatoms. The summed E-state index contributed by atoms with van der Waals surface area (Å²) in [5, 5.41) is 3.16. The Kier molecular flexibility index (Phi) is 7.14. The smallest absolute Gasteiger partial charge is 0.337 e. The van der Waals surface area contributed by atoms with E-state index in [4.69, 9.17) is 16.3 Å². The third-order valence-corrected chi connectivity index (χ3v) is 3.95. The second kappa shape index (κ2) is 9.54. The zero-order valence-corrected chi connectivity index (χ0v) is 15.6. The number of benzene rings is 2. The van der Waals surface area contributed by atoms with Gasteiger partial charge in [-0.3, -0.25) is 4.79 Å². The van der Waals surface area contributed by atoms with E-state index < -0.39 is 24.5 Å². The average Bonchev–Trinajstić information content (AvgIpc) is 2.67. The molecule has 0 fully saturated rings. The van der Waals surface area contributed by atoms with Crippen molar-refractivity contribution in [2.24, 2.45) is 0 Å². The number of rotatable bonds is 6. The van der Waals surface area contributed by atoms with Crippen molar-refractivity contribution >= 4 is 41.2 Å². The SMILES string of the molecule is COC(=O)c1ccc(NC(=O)COC(=O)/C=C/c2ccc(C)c(Cl)c2)cc1. The van der Waals surface area contributed by atoms with E-state index in [0.29, 0.717) is 16.3 Å². The van der Waals surface area contributed by atoms with Crippen LogP contribution in [0.4, 0.5) is 5.69 Å². The highest BCUT2D eigenvalue weighted by atomic mass is 35.5. The van der Waals surface area contributed by atoms with E-state index in [1.807, 2.05) is 19.1 Å². The number of ether oxygens (including phenoxy) is 2. The molecule has 0 unspecified atom stereocenters. The number of aryl methyl sites for hydroxylation is 1. The van der Waals surface area contributed by atoms with E-state index >= 15 is 0 Å². The van der Waals surface area contributed by atoms with Gasteiger partial charge in [0.2, 0.25) is 0 Å². The van der Waals surface area contributed by atoms with Crippen LogP contribution in [0.15, 0.2) is 48.5 Å². The molecule has 1 amide bonds. The fraction of sp³-hybridized carbons (Fsp3) is 0.150. The molecule has 0 atom stereocenters. The van der Waals surface area contributed by atoms with Crippen LogP contribution in [0.3, 0.4) is 0 Å². The summed E-state index contributed by atoms with van der Waals surface area (Å²) < 4.78 is 9.48. The predicted octanol–water partition coefficient (Wildman–Crippen LogP) is 3.63. The van der Waals surface area contributed by atoms with Gasteiger partial charge in [-0.25, -0.2) is 9.59 Å². The summed E-state index contributed by atoms with van der Waals surface area (Å²) in [6.07, 6.45) is 2.77. The second-order valence-corrected chi connectivity index (χ2v) is 5.97. The first kappa shape index (κ1) is 20.2. The molecule has 27 heavy (non-hydrogen) atoms. The lowest BCUT2D eigenvalue weighted by molar-refractivity contribution is -0.142. The van der Waals surface area contributed by atoms with Gasteiger partial charge in [0.25, 0.3) is 5.91 Å². The number of halogens is 1. The molecule has 0 heterocycles. The zero-order chi connectivity index (χ0) is 19.8. The largest absolute Gasteiger partial charge is 0.465 e. The molecular formula is C20H18ClNO5. The van der Waals surface area contributed by atoms with Crippen molar-refractivity contribution in [1.29, 1.82) is 0 Å². The standard InChI is InChI=1S/C20H18ClNO5/c1-13-3-4-14(11-17(13)21)5-10-19(24)27-12-18(23)22-16-8-6-15(7-9-16)20(25)26-2/h3-11H,12H2,1-2H3,(H,22,23)/b10-5+. The maximum atomic E-state index is 11.8. The van der Waals surface area contributed by atoms with Gasteiger partial charge in [-0.15, -0.1) is 0 Å². The number of carbonyl (C=O) groups excluding carboxylic acids is 3. The Morgan fingerprint density at radius 1 is 1.11 bits per heavy atom. The lowest BCUT2D eigenvalue weighted by Crippen LogP contribution is -2.20. The number of esters is 2. The van der Waals surface area contributed by atoms with Crippen molar-refractivity contribution in [2.75, 3.05) is 19.0 Å². The van der Waals surface area contributed by atoms with Crippen LogP contribution in [0.25, 0.3) is 6.08 Å². The zero-order valence-electron chi connectivity index (χ0n) is 14.8. The number of amides is 1. The van der Waals surface area contributed by atoms with Crippen LogP contribution in [0.1, 0.15) is 21.5 Å². The van der Waals surface area contributed by atoms with Crippen LogP contribution in [-0.4, -0.2) is 31.6 Å². The normalized spacial score (nSPS) is 10.5. The van der Waals surface area contributed by atoms with Crippen molar-refractivity contribution in [2.45, 2.75) is 6.92 Å². The molecule has 140 valence electrons. The monoisotopic (exact) mass is 387 g/mol. The van der Waals surface area contributed by atoms with E-state index in [1.54, 1.807) is 24.3 Å². The van der Waals surface area contributed by atoms with E-state index in [1.165, 1.54) is 25.3 Å². The van der Waals surface area contributed by atoms with Crippen molar-refractivity contribution in [3.05, 3.63) is 70.3 Å². The second-order valence-electron chi connectivity index (χ2n) is 5.57. The van der Waals surface area contributed by atoms with Crippen molar-refractivity contribution in [3.8, 4) is 0 Å². The molecule has 0 saturated carbocycles. The van der Waals surface area contributed by atoms with Gasteiger partial charge < -0.3 is 14.8 Å². The van der Waals surface area contributed by atoms with Gasteiger partial charge in [0.05, 0.1) is 12.7 Å². The molecule has 2 rings (SSSR count). The first-order valence-electron chi connectivity index (χ1n) is 7.98. The highest BCUT2D eigenvalue weighted by Gasteiger charge is 2.08. The van der Waals surface area contributed by atoms with Crippen LogP contribution in [0, 0.1) is 6.92 Å². The lowest BCUT2D eigenvalue weighted by Gasteiger charge is -2.06. The van der Waals surface area contributed by atoms with Crippen molar-refractivity contribution in [1.82, 2.24) is 0 Å². The third-order valence-electron chi connectivity index (χ3n) is 3.54. The molecule has 0 spiro atoms. The number of anilines is 1. The molecule has 0 saturated heterocycles. The minimum atomic E-state index is -0.650. The number of hydrogen-bond acceptors (Lipinski definition) is 5. The van der Waals surface area contributed by atoms with Gasteiger partial charge in [-0.1, -0.05) is 23.7 Å². The molecule has 0 aliphatic carbocycles. The Hall–Kier alpha value is -3.12. The Bertz CT molecular complexity index is 874. The Morgan fingerprint density at radius 3 is 2.44 bits per heavy atom. The lowest BCUT2D eigenvalue weighted by atomic mass is 10.1. The maximum Gasteiger partial charge on any atom is 0.337 e. The van der Waals surface area contributed by atoms with Gasteiger partial charge in [0, 0.05) is 16.8 Å². The molecule has 0 aromatic heterocycles. The van der Waals surface area contributed by atoms with Gasteiger partial charge in [0.1, 0.15) is 0 Å². The van der Waals surface area contributed by atoms with E-state index in [-0.39, 0.29) is 0 Å². The van der Waals surface area contributed by atoms with Crippen LogP contribution in [0.2, 0.25) is 5.02 Å². The Labute approximate surface area is 161 Å². The molecule has 0 aliphatic heterocycles. The summed E-state index contributed by atoms with van der Waals surface area (Å²) in [7, 11) is 1.29. The molecule has 6 nitrogen and oxygen atoms in total. The summed E-state index contributed by atoms with van der Waals surface area (Å²) in [4.78, 5) is 34.9. The van der Waals surface area contributed by atoms with E-state index in [9.17, 15) is 14.4 Å². The fourth-order valence-corrected chi connectivity index (χ4v) is 2.26. The van der Waals surface area contributed by atoms with E-state index in [2.05, 4.69) is 10.1 Å². The molecular weight excluding hydrogens is 370 g/mol. The van der Waals surface area contributed by atoms with Crippen molar-refractivity contribution in [3.63, 3.8) is 0 Å². The first-order valence-corrected chi connectivity index (χ1v) is 8.36. The number of hydrogen-bond donors (Lipinski definition) is 1. The number of nitrogens with one attached hydrogen (secondary N) is 1. The van der Waals surface area contributed by atoms with Crippen LogP contribution >= 0.6 is 11.6 Å². The first-order chi connectivity index (χ1) is 12.9. The molecule has 0 radical (unpaired) electrons. The Balaban J connectivity index is 1.82.